The van der Waals surface area contributed by atoms with Gasteiger partial charge in [0.2, 0.25) is 0 Å². The minimum Gasteiger partial charge on any atom is -0.492 e. The molecule has 0 atom stereocenters. The summed E-state index contributed by atoms with van der Waals surface area (Å²) in [4.78, 5) is 4.10. The molecule has 1 heterocycles. The largest absolute Gasteiger partial charge is 0.492 e. The molecule has 0 radical (unpaired) electrons. The summed E-state index contributed by atoms with van der Waals surface area (Å²) in [7, 11) is 0. The highest BCUT2D eigenvalue weighted by atomic mass is 16.5. The molecule has 0 saturated heterocycles. The van der Waals surface area contributed by atoms with Crippen molar-refractivity contribution in [2.75, 3.05) is 13.2 Å². The molecule has 68 valence electrons. The maximum absolute atomic E-state index is 5.36. The van der Waals surface area contributed by atoms with E-state index in [9.17, 15) is 0 Å². The summed E-state index contributed by atoms with van der Waals surface area (Å²) < 4.78 is 5.36. The molecule has 1 aromatic heterocycles. The van der Waals surface area contributed by atoms with Crippen LogP contribution in [0.3, 0.4) is 0 Å². The summed E-state index contributed by atoms with van der Waals surface area (Å²) in [6, 6.07) is 3.84. The van der Waals surface area contributed by atoms with Gasteiger partial charge in [0, 0.05) is 7.12 Å². The molecule has 3 nitrogen and oxygen atoms in total. The summed E-state index contributed by atoms with van der Waals surface area (Å²) in [6.45, 7) is 3.28. The first-order valence-electron chi connectivity index (χ1n) is 4.08. The summed E-state index contributed by atoms with van der Waals surface area (Å²) in [6.07, 6.45) is 2.61. The van der Waals surface area contributed by atoms with E-state index in [4.69, 9.17) is 10.5 Å². The summed E-state index contributed by atoms with van der Waals surface area (Å²) in [5.74, 6) is 0.814. The first kappa shape index (κ1) is 9.00. The minimum absolute atomic E-state index is 0. The van der Waals surface area contributed by atoms with Gasteiger partial charge in [0.05, 0.1) is 12.8 Å². The van der Waals surface area contributed by atoms with E-state index in [1.165, 1.54) is 0 Å². The predicted octanol–water partition coefficient (Wildman–Crippen LogP) is 1.36. The van der Waals surface area contributed by atoms with Crippen molar-refractivity contribution in [1.29, 1.82) is 0 Å². The second-order valence-corrected chi connectivity index (χ2v) is 2.63. The van der Waals surface area contributed by atoms with Gasteiger partial charge in [-0.15, -0.1) is 0 Å². The third-order valence-corrected chi connectivity index (χ3v) is 1.50. The van der Waals surface area contributed by atoms with Crippen LogP contribution in [0.5, 0.6) is 5.75 Å². The van der Waals surface area contributed by atoms with Crippen LogP contribution in [0, 0.1) is 6.92 Å². The number of rotatable bonds is 4. The Bertz CT molecular complexity index is 226. The van der Waals surface area contributed by atoms with Crippen LogP contribution in [0.25, 0.3) is 0 Å². The average Bonchev–Trinajstić information content (AvgIpc) is 2.09. The van der Waals surface area contributed by atoms with Crippen LogP contribution in [-0.2, 0) is 0 Å². The molecule has 0 aromatic carbocycles. The van der Waals surface area contributed by atoms with Crippen LogP contribution >= 0.6 is 0 Å². The van der Waals surface area contributed by atoms with Gasteiger partial charge < -0.3 is 10.5 Å². The summed E-state index contributed by atoms with van der Waals surface area (Å²) >= 11 is 0. The van der Waals surface area contributed by atoms with Crippen molar-refractivity contribution in [1.82, 2.24) is 4.98 Å². The maximum atomic E-state index is 5.36. The SMILES string of the molecule is Cc1ccc(OCCCN)cn1.[HH]. The smallest absolute Gasteiger partial charge is 0.137 e. The molecular weight excluding hydrogens is 152 g/mol. The van der Waals surface area contributed by atoms with E-state index in [-0.39, 0.29) is 1.43 Å². The average molecular weight is 168 g/mol. The lowest BCUT2D eigenvalue weighted by Crippen LogP contribution is -2.06. The standard InChI is InChI=1S/C9H14N2O.H2/c1-8-3-4-9(7-11-8)12-6-2-5-10;/h3-4,7H,2,5-6,10H2,1H3;1H. The van der Waals surface area contributed by atoms with Crippen LogP contribution in [-0.4, -0.2) is 18.1 Å². The third kappa shape index (κ3) is 2.88. The Kier molecular flexibility index (Phi) is 3.54. The Morgan fingerprint density at radius 2 is 2.42 bits per heavy atom. The van der Waals surface area contributed by atoms with Crippen molar-refractivity contribution >= 4 is 0 Å². The van der Waals surface area contributed by atoms with Crippen molar-refractivity contribution in [2.24, 2.45) is 5.73 Å². The summed E-state index contributed by atoms with van der Waals surface area (Å²) in [5.41, 5.74) is 6.32. The first-order valence-corrected chi connectivity index (χ1v) is 4.08. The van der Waals surface area contributed by atoms with Gasteiger partial charge in [0.1, 0.15) is 5.75 Å². The maximum Gasteiger partial charge on any atom is 0.137 e. The second-order valence-electron chi connectivity index (χ2n) is 2.63. The normalized spacial score (nSPS) is 9.83. The molecule has 0 aliphatic rings. The molecule has 0 unspecified atom stereocenters. The Labute approximate surface area is 74.0 Å². The second kappa shape index (κ2) is 4.72. The van der Waals surface area contributed by atoms with Crippen molar-refractivity contribution in [3.05, 3.63) is 24.0 Å². The van der Waals surface area contributed by atoms with Gasteiger partial charge in [-0.3, -0.25) is 4.98 Å². The van der Waals surface area contributed by atoms with Crippen molar-refractivity contribution in [3.8, 4) is 5.75 Å². The highest BCUT2D eigenvalue weighted by Crippen LogP contribution is 2.08. The Hall–Kier alpha value is -1.09. The number of nitrogens with zero attached hydrogens (tertiary/aromatic N) is 1. The molecule has 2 N–H and O–H groups in total. The zero-order chi connectivity index (χ0) is 8.81. The minimum atomic E-state index is 0. The highest BCUT2D eigenvalue weighted by Gasteiger charge is 1.92. The molecule has 1 rings (SSSR count). The first-order chi connectivity index (χ1) is 5.83. The fourth-order valence-corrected chi connectivity index (χ4v) is 0.813. The fraction of sp³-hybridized carbons (Fsp3) is 0.444. The number of hydrogen-bond acceptors (Lipinski definition) is 3. The zero-order valence-corrected chi connectivity index (χ0v) is 7.29. The van der Waals surface area contributed by atoms with E-state index in [1.54, 1.807) is 6.20 Å². The fourth-order valence-electron chi connectivity index (χ4n) is 0.813. The van der Waals surface area contributed by atoms with E-state index >= 15 is 0 Å². The highest BCUT2D eigenvalue weighted by molar-refractivity contribution is 5.18. The molecule has 3 heteroatoms. The van der Waals surface area contributed by atoms with Gasteiger partial charge in [-0.2, -0.15) is 0 Å². The van der Waals surface area contributed by atoms with Crippen LogP contribution in [0.15, 0.2) is 18.3 Å². The Morgan fingerprint density at radius 1 is 1.58 bits per heavy atom. The number of hydrogen-bond donors (Lipinski definition) is 1. The summed E-state index contributed by atoms with van der Waals surface area (Å²) in [5, 5.41) is 0. The number of aromatic nitrogens is 1. The topological polar surface area (TPSA) is 48.1 Å². The van der Waals surface area contributed by atoms with Gasteiger partial charge in [-0.05, 0) is 32.0 Å². The molecule has 0 amide bonds. The van der Waals surface area contributed by atoms with Crippen molar-refractivity contribution < 1.29 is 6.16 Å². The van der Waals surface area contributed by atoms with E-state index in [2.05, 4.69) is 4.98 Å². The van der Waals surface area contributed by atoms with E-state index < -0.39 is 0 Å². The van der Waals surface area contributed by atoms with Gasteiger partial charge in [0.15, 0.2) is 0 Å². The van der Waals surface area contributed by atoms with Crippen LogP contribution in [0.2, 0.25) is 0 Å². The molecule has 12 heavy (non-hydrogen) atoms. The molecule has 0 saturated carbocycles. The van der Waals surface area contributed by atoms with Crippen LogP contribution in [0.4, 0.5) is 0 Å². The number of nitrogens with two attached hydrogens (primary N) is 1. The van der Waals surface area contributed by atoms with Gasteiger partial charge in [0.25, 0.3) is 0 Å². The van der Waals surface area contributed by atoms with Crippen LogP contribution in [0.1, 0.15) is 13.5 Å². The molecule has 0 aliphatic heterocycles. The van der Waals surface area contributed by atoms with Crippen molar-refractivity contribution in [2.45, 2.75) is 13.3 Å². The molecule has 1 aromatic rings. The van der Waals surface area contributed by atoms with Crippen LogP contribution < -0.4 is 10.5 Å². The number of ether oxygens (including phenoxy) is 1. The molecular formula is C9H16N2O. The predicted molar refractivity (Wildman–Crippen MR) is 50.3 cm³/mol. The third-order valence-electron chi connectivity index (χ3n) is 1.50. The van der Waals surface area contributed by atoms with E-state index in [1.807, 2.05) is 19.1 Å². The Balaban J connectivity index is 0.00000144. The zero-order valence-electron chi connectivity index (χ0n) is 7.29. The molecule has 0 aliphatic carbocycles. The monoisotopic (exact) mass is 168 g/mol. The lowest BCUT2D eigenvalue weighted by Gasteiger charge is -2.03. The molecule has 0 fully saturated rings. The molecule has 0 bridgehead atoms. The Morgan fingerprint density at radius 3 is 3.00 bits per heavy atom. The number of pyridine rings is 1. The number of aryl methyl sites for hydroxylation is 1. The quantitative estimate of drug-likeness (QED) is 0.690. The lowest BCUT2D eigenvalue weighted by atomic mass is 10.4. The van der Waals surface area contributed by atoms with Crippen molar-refractivity contribution in [3.63, 3.8) is 0 Å². The van der Waals surface area contributed by atoms with Gasteiger partial charge in [-0.1, -0.05) is 0 Å². The molecule has 0 spiro atoms. The van der Waals surface area contributed by atoms with Gasteiger partial charge >= 0.3 is 0 Å². The lowest BCUT2D eigenvalue weighted by molar-refractivity contribution is 0.312. The van der Waals surface area contributed by atoms with E-state index in [0.717, 1.165) is 17.9 Å². The van der Waals surface area contributed by atoms with Gasteiger partial charge in [-0.25, -0.2) is 0 Å². The van der Waals surface area contributed by atoms with E-state index in [0.29, 0.717) is 13.2 Å².